The Balaban J connectivity index is 1.94. The van der Waals surface area contributed by atoms with Crippen LogP contribution in [0.2, 0.25) is 0 Å². The Morgan fingerprint density at radius 2 is 1.67 bits per heavy atom. The van der Waals surface area contributed by atoms with Gasteiger partial charge in [-0.25, -0.2) is 9.59 Å². The van der Waals surface area contributed by atoms with Gasteiger partial charge in [-0.2, -0.15) is 0 Å². The number of furan rings is 1. The van der Waals surface area contributed by atoms with Crippen LogP contribution in [0.3, 0.4) is 0 Å². The summed E-state index contributed by atoms with van der Waals surface area (Å²) < 4.78 is 20.3. The van der Waals surface area contributed by atoms with Gasteiger partial charge in [-0.1, -0.05) is 0 Å². The summed E-state index contributed by atoms with van der Waals surface area (Å²) in [7, 11) is 2.56. The van der Waals surface area contributed by atoms with Crippen LogP contribution in [0.1, 0.15) is 39.3 Å². The van der Waals surface area contributed by atoms with Crippen LogP contribution < -0.4 is 4.74 Å². The predicted molar refractivity (Wildman–Crippen MR) is 86.3 cm³/mol. The van der Waals surface area contributed by atoms with Crippen molar-refractivity contribution in [1.82, 2.24) is 0 Å². The maximum absolute atomic E-state index is 11.7. The highest BCUT2D eigenvalue weighted by molar-refractivity contribution is 5.96. The SMILES string of the molecule is COC(=O)c1cc(OCCCCc2ccco2)cc(C(=O)OC)c1. The zero-order valence-electron chi connectivity index (χ0n) is 13.7. The van der Waals surface area contributed by atoms with Gasteiger partial charge in [-0.05, 0) is 43.2 Å². The smallest absolute Gasteiger partial charge is 0.338 e. The molecule has 128 valence electrons. The van der Waals surface area contributed by atoms with E-state index in [1.165, 1.54) is 20.3 Å². The number of hydrogen-bond acceptors (Lipinski definition) is 6. The molecule has 2 aromatic rings. The molecule has 0 bridgehead atoms. The van der Waals surface area contributed by atoms with E-state index in [2.05, 4.69) is 9.47 Å². The molecule has 0 N–H and O–H groups in total. The molecule has 0 fully saturated rings. The monoisotopic (exact) mass is 332 g/mol. The van der Waals surface area contributed by atoms with Gasteiger partial charge in [-0.3, -0.25) is 0 Å². The molecule has 1 aromatic heterocycles. The number of carbonyl (C=O) groups is 2. The fraction of sp³-hybridized carbons (Fsp3) is 0.333. The first-order valence-corrected chi connectivity index (χ1v) is 7.61. The first-order chi connectivity index (χ1) is 11.6. The Labute approximate surface area is 140 Å². The maximum Gasteiger partial charge on any atom is 0.338 e. The third-order valence-electron chi connectivity index (χ3n) is 3.42. The molecular weight excluding hydrogens is 312 g/mol. The van der Waals surface area contributed by atoms with Gasteiger partial charge in [0.25, 0.3) is 0 Å². The summed E-state index contributed by atoms with van der Waals surface area (Å²) in [5, 5.41) is 0. The molecule has 0 amide bonds. The largest absolute Gasteiger partial charge is 0.494 e. The van der Waals surface area contributed by atoms with Gasteiger partial charge >= 0.3 is 11.9 Å². The summed E-state index contributed by atoms with van der Waals surface area (Å²) in [6, 6.07) is 8.30. The molecule has 0 aliphatic carbocycles. The number of unbranched alkanes of at least 4 members (excludes halogenated alkanes) is 1. The molecule has 0 spiro atoms. The average Bonchev–Trinajstić information content (AvgIpc) is 3.13. The number of ether oxygens (including phenoxy) is 3. The number of hydrogen-bond donors (Lipinski definition) is 0. The van der Waals surface area contributed by atoms with Gasteiger partial charge in [0, 0.05) is 6.42 Å². The minimum Gasteiger partial charge on any atom is -0.494 e. The van der Waals surface area contributed by atoms with Crippen LogP contribution >= 0.6 is 0 Å². The van der Waals surface area contributed by atoms with Crippen molar-refractivity contribution in [2.45, 2.75) is 19.3 Å². The molecule has 0 saturated heterocycles. The van der Waals surface area contributed by atoms with E-state index in [-0.39, 0.29) is 11.1 Å². The molecule has 6 heteroatoms. The fourth-order valence-corrected chi connectivity index (χ4v) is 2.20. The molecule has 1 heterocycles. The summed E-state index contributed by atoms with van der Waals surface area (Å²) in [5.41, 5.74) is 0.483. The Kier molecular flexibility index (Phi) is 6.42. The van der Waals surface area contributed by atoms with Crippen LogP contribution in [0.4, 0.5) is 0 Å². The highest BCUT2D eigenvalue weighted by Crippen LogP contribution is 2.19. The predicted octanol–water partition coefficient (Wildman–Crippen LogP) is 3.25. The van der Waals surface area contributed by atoms with Crippen LogP contribution in [-0.4, -0.2) is 32.8 Å². The van der Waals surface area contributed by atoms with Crippen LogP contribution in [0.5, 0.6) is 5.75 Å². The van der Waals surface area contributed by atoms with Gasteiger partial charge in [0.2, 0.25) is 0 Å². The average molecular weight is 332 g/mol. The minimum absolute atomic E-state index is 0.242. The quantitative estimate of drug-likeness (QED) is 0.545. The van der Waals surface area contributed by atoms with Crippen LogP contribution in [0, 0.1) is 0 Å². The van der Waals surface area contributed by atoms with Crippen LogP contribution in [0.15, 0.2) is 41.0 Å². The summed E-state index contributed by atoms with van der Waals surface area (Å²) >= 11 is 0. The molecule has 0 atom stereocenters. The minimum atomic E-state index is -0.538. The third kappa shape index (κ3) is 4.87. The molecule has 0 unspecified atom stereocenters. The van der Waals surface area contributed by atoms with Crippen molar-refractivity contribution in [2.24, 2.45) is 0 Å². The normalized spacial score (nSPS) is 10.2. The number of aryl methyl sites for hydroxylation is 1. The van der Waals surface area contributed by atoms with E-state index < -0.39 is 11.9 Å². The summed E-state index contributed by atoms with van der Waals surface area (Å²) in [6.45, 7) is 0.464. The second-order valence-corrected chi connectivity index (χ2v) is 5.11. The third-order valence-corrected chi connectivity index (χ3v) is 3.42. The van der Waals surface area contributed by atoms with E-state index in [1.807, 2.05) is 12.1 Å². The van der Waals surface area contributed by atoms with Crippen molar-refractivity contribution < 1.29 is 28.2 Å². The van der Waals surface area contributed by atoms with Gasteiger partial charge in [0.05, 0.1) is 38.2 Å². The molecule has 24 heavy (non-hydrogen) atoms. The first kappa shape index (κ1) is 17.6. The van der Waals surface area contributed by atoms with E-state index in [0.29, 0.717) is 12.4 Å². The van der Waals surface area contributed by atoms with E-state index in [0.717, 1.165) is 25.0 Å². The van der Waals surface area contributed by atoms with E-state index in [1.54, 1.807) is 18.4 Å². The number of methoxy groups -OCH3 is 2. The van der Waals surface area contributed by atoms with E-state index >= 15 is 0 Å². The second kappa shape index (κ2) is 8.76. The first-order valence-electron chi connectivity index (χ1n) is 7.61. The Bertz CT molecular complexity index is 641. The number of esters is 2. The fourth-order valence-electron chi connectivity index (χ4n) is 2.20. The highest BCUT2D eigenvalue weighted by atomic mass is 16.5. The van der Waals surface area contributed by atoms with Crippen molar-refractivity contribution >= 4 is 11.9 Å². The Morgan fingerprint density at radius 3 is 2.21 bits per heavy atom. The molecule has 1 aromatic carbocycles. The molecular formula is C18H20O6. The standard InChI is InChI=1S/C18H20O6/c1-21-17(19)13-10-14(18(20)22-2)12-16(11-13)24-8-4-3-6-15-7-5-9-23-15/h5,7,9-12H,3-4,6,8H2,1-2H3. The zero-order chi connectivity index (χ0) is 17.4. The van der Waals surface area contributed by atoms with Crippen molar-refractivity contribution in [3.63, 3.8) is 0 Å². The summed E-state index contributed by atoms with van der Waals surface area (Å²) in [5.74, 6) is 0.291. The number of rotatable bonds is 8. The van der Waals surface area contributed by atoms with Crippen molar-refractivity contribution in [3.05, 3.63) is 53.5 Å². The molecule has 6 nitrogen and oxygen atoms in total. The van der Waals surface area contributed by atoms with Gasteiger partial charge in [0.1, 0.15) is 11.5 Å². The molecule has 0 radical (unpaired) electrons. The van der Waals surface area contributed by atoms with Crippen molar-refractivity contribution in [3.8, 4) is 5.75 Å². The molecule has 0 aliphatic heterocycles. The zero-order valence-corrected chi connectivity index (χ0v) is 13.7. The lowest BCUT2D eigenvalue weighted by Crippen LogP contribution is -2.08. The second-order valence-electron chi connectivity index (χ2n) is 5.11. The summed E-state index contributed by atoms with van der Waals surface area (Å²) in [4.78, 5) is 23.4. The highest BCUT2D eigenvalue weighted by Gasteiger charge is 2.14. The molecule has 2 rings (SSSR count). The molecule has 0 aliphatic rings. The van der Waals surface area contributed by atoms with E-state index in [9.17, 15) is 9.59 Å². The lowest BCUT2D eigenvalue weighted by atomic mass is 10.1. The van der Waals surface area contributed by atoms with E-state index in [4.69, 9.17) is 9.15 Å². The lowest BCUT2D eigenvalue weighted by molar-refractivity contribution is 0.0598. The number of benzene rings is 1. The lowest BCUT2D eigenvalue weighted by Gasteiger charge is -2.09. The molecule has 0 saturated carbocycles. The topological polar surface area (TPSA) is 75.0 Å². The Hall–Kier alpha value is -2.76. The van der Waals surface area contributed by atoms with Crippen molar-refractivity contribution in [1.29, 1.82) is 0 Å². The summed E-state index contributed by atoms with van der Waals surface area (Å²) in [6.07, 6.45) is 4.22. The van der Waals surface area contributed by atoms with Gasteiger partial charge < -0.3 is 18.6 Å². The van der Waals surface area contributed by atoms with Crippen LogP contribution in [0.25, 0.3) is 0 Å². The van der Waals surface area contributed by atoms with Crippen LogP contribution in [-0.2, 0) is 15.9 Å². The maximum atomic E-state index is 11.7. The van der Waals surface area contributed by atoms with Gasteiger partial charge in [0.15, 0.2) is 0 Å². The number of carbonyl (C=O) groups excluding carboxylic acids is 2. The van der Waals surface area contributed by atoms with Crippen molar-refractivity contribution in [2.75, 3.05) is 20.8 Å². The van der Waals surface area contributed by atoms with Gasteiger partial charge in [-0.15, -0.1) is 0 Å². The Morgan fingerprint density at radius 1 is 1.00 bits per heavy atom.